The van der Waals surface area contributed by atoms with E-state index in [1.54, 1.807) is 0 Å². The molecule has 0 heterocycles. The molecule has 0 aromatic heterocycles. The van der Waals surface area contributed by atoms with Crippen LogP contribution >= 0.6 is 10.7 Å². The molecule has 0 saturated heterocycles. The molecule has 0 aliphatic heterocycles. The van der Waals surface area contributed by atoms with Gasteiger partial charge >= 0.3 is 5.97 Å². The van der Waals surface area contributed by atoms with Crippen molar-refractivity contribution in [3.63, 3.8) is 0 Å². The Morgan fingerprint density at radius 3 is 2.36 bits per heavy atom. The van der Waals surface area contributed by atoms with Crippen molar-refractivity contribution in [1.82, 2.24) is 0 Å². The van der Waals surface area contributed by atoms with Crippen LogP contribution in [0.15, 0.2) is 23.1 Å². The van der Waals surface area contributed by atoms with Crippen LogP contribution in [0.1, 0.15) is 15.9 Å². The number of aromatic carboxylic acids is 1. The lowest BCUT2D eigenvalue weighted by atomic mass is 10.1. The quantitative estimate of drug-likeness (QED) is 0.790. The largest absolute Gasteiger partial charge is 0.478 e. The second-order valence-corrected chi connectivity index (χ2v) is 5.20. The second kappa shape index (κ2) is 3.59. The smallest absolute Gasteiger partial charge is 0.337 e. The van der Waals surface area contributed by atoms with Crippen LogP contribution in [0.25, 0.3) is 0 Å². The summed E-state index contributed by atoms with van der Waals surface area (Å²) in [5, 5.41) is 8.73. The van der Waals surface area contributed by atoms with Crippen LogP contribution in [0.3, 0.4) is 0 Å². The average Bonchev–Trinajstić information content (AvgIpc) is 2.01. The molecule has 0 spiro atoms. The van der Waals surface area contributed by atoms with Gasteiger partial charge in [0.2, 0.25) is 0 Å². The van der Waals surface area contributed by atoms with E-state index in [2.05, 4.69) is 0 Å². The van der Waals surface area contributed by atoms with E-state index in [1.165, 1.54) is 25.1 Å². The predicted octanol–water partition coefficient (Wildman–Crippen LogP) is 1.62. The van der Waals surface area contributed by atoms with Gasteiger partial charge in [-0.1, -0.05) is 12.1 Å². The summed E-state index contributed by atoms with van der Waals surface area (Å²) < 4.78 is 22.2. The van der Waals surface area contributed by atoms with Crippen LogP contribution in [0.2, 0.25) is 0 Å². The zero-order chi connectivity index (χ0) is 10.9. The molecule has 0 fully saturated rings. The highest BCUT2D eigenvalue weighted by atomic mass is 35.7. The second-order valence-electron chi connectivity index (χ2n) is 2.69. The maximum Gasteiger partial charge on any atom is 0.337 e. The first-order valence-corrected chi connectivity index (χ1v) is 5.92. The van der Waals surface area contributed by atoms with E-state index in [0.29, 0.717) is 5.56 Å². The van der Waals surface area contributed by atoms with Crippen molar-refractivity contribution in [3.05, 3.63) is 29.3 Å². The van der Waals surface area contributed by atoms with Gasteiger partial charge in [-0.25, -0.2) is 13.2 Å². The maximum atomic E-state index is 11.1. The molecule has 0 atom stereocenters. The van der Waals surface area contributed by atoms with Crippen LogP contribution < -0.4 is 0 Å². The fourth-order valence-corrected chi connectivity index (χ4v) is 2.63. The minimum Gasteiger partial charge on any atom is -0.478 e. The molecule has 0 aliphatic rings. The van der Waals surface area contributed by atoms with Crippen LogP contribution in [0.5, 0.6) is 0 Å². The Hall–Kier alpha value is -1.07. The Kier molecular flexibility index (Phi) is 2.82. The van der Waals surface area contributed by atoms with Crippen molar-refractivity contribution in [1.29, 1.82) is 0 Å². The summed E-state index contributed by atoms with van der Waals surface area (Å²) in [5.74, 6) is -1.31. The van der Waals surface area contributed by atoms with Crippen molar-refractivity contribution in [2.75, 3.05) is 0 Å². The number of hydrogen-bond acceptors (Lipinski definition) is 3. The maximum absolute atomic E-state index is 11.1. The zero-order valence-electron chi connectivity index (χ0n) is 7.19. The lowest BCUT2D eigenvalue weighted by Crippen LogP contribution is -2.06. The zero-order valence-corrected chi connectivity index (χ0v) is 8.76. The molecule has 1 aromatic carbocycles. The van der Waals surface area contributed by atoms with Crippen LogP contribution in [-0.4, -0.2) is 19.5 Å². The molecule has 1 N–H and O–H groups in total. The monoisotopic (exact) mass is 234 g/mol. The first kappa shape index (κ1) is 11.0. The number of rotatable bonds is 2. The molecule has 1 aromatic rings. The van der Waals surface area contributed by atoms with Gasteiger partial charge in [-0.2, -0.15) is 0 Å². The Morgan fingerprint density at radius 1 is 1.43 bits per heavy atom. The van der Waals surface area contributed by atoms with Crippen LogP contribution in [-0.2, 0) is 9.05 Å². The third-order valence-electron chi connectivity index (χ3n) is 1.69. The summed E-state index contributed by atoms with van der Waals surface area (Å²) >= 11 is 0. The predicted molar refractivity (Wildman–Crippen MR) is 51.2 cm³/mol. The fourth-order valence-electron chi connectivity index (χ4n) is 1.14. The van der Waals surface area contributed by atoms with Gasteiger partial charge in [0.05, 0.1) is 10.5 Å². The van der Waals surface area contributed by atoms with E-state index < -0.39 is 15.0 Å². The summed E-state index contributed by atoms with van der Waals surface area (Å²) in [5.41, 5.74) is 0.0138. The molecule has 0 saturated carbocycles. The van der Waals surface area contributed by atoms with Gasteiger partial charge in [0.1, 0.15) is 0 Å². The van der Waals surface area contributed by atoms with Crippen LogP contribution in [0, 0.1) is 6.92 Å². The molecule has 1 rings (SSSR count). The molecule has 0 aliphatic carbocycles. The normalized spacial score (nSPS) is 11.3. The number of carbonyl (C=O) groups is 1. The Labute approximate surface area is 85.5 Å². The van der Waals surface area contributed by atoms with Gasteiger partial charge in [-0.3, -0.25) is 0 Å². The van der Waals surface area contributed by atoms with Crippen molar-refractivity contribution in [3.8, 4) is 0 Å². The summed E-state index contributed by atoms with van der Waals surface area (Å²) in [7, 11) is 1.10. The number of halogens is 1. The van der Waals surface area contributed by atoms with Crippen molar-refractivity contribution in [2.45, 2.75) is 11.8 Å². The topological polar surface area (TPSA) is 71.4 Å². The molecule has 0 amide bonds. The Bertz CT molecular complexity index is 478. The molecular formula is C8H7ClO4S. The Balaban J connectivity index is 3.62. The summed E-state index contributed by atoms with van der Waals surface area (Å²) in [4.78, 5) is 10.4. The minimum absolute atomic E-state index is 0.306. The first-order chi connectivity index (χ1) is 6.34. The Morgan fingerprint density at radius 2 is 2.00 bits per heavy atom. The van der Waals surface area contributed by atoms with Gasteiger partial charge in [0.15, 0.2) is 0 Å². The molecule has 0 bridgehead atoms. The number of carboxylic acid groups (broad SMARTS) is 1. The molecular weight excluding hydrogens is 228 g/mol. The van der Waals surface area contributed by atoms with Gasteiger partial charge in [-0.15, -0.1) is 0 Å². The summed E-state index contributed by atoms with van der Waals surface area (Å²) in [6.45, 7) is 1.49. The van der Waals surface area contributed by atoms with E-state index in [-0.39, 0.29) is 10.5 Å². The van der Waals surface area contributed by atoms with E-state index in [1.807, 2.05) is 0 Å². The van der Waals surface area contributed by atoms with Gasteiger partial charge in [0.25, 0.3) is 9.05 Å². The highest BCUT2D eigenvalue weighted by Crippen LogP contribution is 2.23. The van der Waals surface area contributed by atoms with E-state index in [9.17, 15) is 13.2 Å². The molecule has 76 valence electrons. The lowest BCUT2D eigenvalue weighted by Gasteiger charge is -2.04. The third kappa shape index (κ3) is 2.05. The fraction of sp³-hybridized carbons (Fsp3) is 0.125. The molecule has 4 nitrogen and oxygen atoms in total. The van der Waals surface area contributed by atoms with Crippen LogP contribution in [0.4, 0.5) is 0 Å². The van der Waals surface area contributed by atoms with Crippen molar-refractivity contribution < 1.29 is 18.3 Å². The molecule has 0 radical (unpaired) electrons. The highest BCUT2D eigenvalue weighted by molar-refractivity contribution is 8.13. The summed E-state index contributed by atoms with van der Waals surface area (Å²) in [6.07, 6.45) is 0. The highest BCUT2D eigenvalue weighted by Gasteiger charge is 2.21. The number of benzene rings is 1. The number of aryl methyl sites for hydroxylation is 1. The molecule has 14 heavy (non-hydrogen) atoms. The molecule has 0 unspecified atom stereocenters. The average molecular weight is 235 g/mol. The van der Waals surface area contributed by atoms with Gasteiger partial charge in [0, 0.05) is 10.7 Å². The summed E-state index contributed by atoms with van der Waals surface area (Å²) in [6, 6.07) is 4.15. The minimum atomic E-state index is -4.02. The molecule has 6 heteroatoms. The number of carboxylic acids is 1. The van der Waals surface area contributed by atoms with E-state index in [4.69, 9.17) is 15.8 Å². The standard InChI is InChI=1S/C8H7ClO4S/c1-5-3-2-4-6(8(10)11)7(5)14(9,12)13/h2-4H,1H3,(H,10,11). The van der Waals surface area contributed by atoms with Crippen molar-refractivity contribution >= 4 is 25.7 Å². The van der Waals surface area contributed by atoms with E-state index in [0.717, 1.165) is 0 Å². The van der Waals surface area contributed by atoms with Gasteiger partial charge < -0.3 is 5.11 Å². The third-order valence-corrected chi connectivity index (χ3v) is 3.18. The van der Waals surface area contributed by atoms with Crippen molar-refractivity contribution in [2.24, 2.45) is 0 Å². The lowest BCUT2D eigenvalue weighted by molar-refractivity contribution is 0.0692. The van der Waals surface area contributed by atoms with Gasteiger partial charge in [-0.05, 0) is 18.6 Å². The SMILES string of the molecule is Cc1cccc(C(=O)O)c1S(=O)(=O)Cl. The number of hydrogen-bond donors (Lipinski definition) is 1. The van der Waals surface area contributed by atoms with E-state index >= 15 is 0 Å². The first-order valence-electron chi connectivity index (χ1n) is 3.61.